The van der Waals surface area contributed by atoms with E-state index < -0.39 is 17.5 Å². The van der Waals surface area contributed by atoms with Gasteiger partial charge >= 0.3 is 6.09 Å². The highest BCUT2D eigenvalue weighted by molar-refractivity contribution is 5.87. The van der Waals surface area contributed by atoms with Gasteiger partial charge in [-0.2, -0.15) is 0 Å². The van der Waals surface area contributed by atoms with E-state index in [1.807, 2.05) is 0 Å². The lowest BCUT2D eigenvalue weighted by atomic mass is 10.2. The van der Waals surface area contributed by atoms with Crippen molar-refractivity contribution in [3.63, 3.8) is 0 Å². The van der Waals surface area contributed by atoms with E-state index in [9.17, 15) is 9.18 Å². The van der Waals surface area contributed by atoms with Gasteiger partial charge in [0.15, 0.2) is 5.65 Å². The minimum absolute atomic E-state index is 0.263. The summed E-state index contributed by atoms with van der Waals surface area (Å²) in [5.74, 6) is -0.405. The van der Waals surface area contributed by atoms with Crippen molar-refractivity contribution in [1.29, 1.82) is 0 Å². The molecule has 0 bridgehead atoms. The summed E-state index contributed by atoms with van der Waals surface area (Å²) in [4.78, 5) is 15.8. The summed E-state index contributed by atoms with van der Waals surface area (Å²) in [5.41, 5.74) is -0.333. The number of carbonyl (C=O) groups is 1. The van der Waals surface area contributed by atoms with Gasteiger partial charge in [-0.3, -0.25) is 0 Å². The predicted octanol–water partition coefficient (Wildman–Crippen LogP) is 2.96. The van der Waals surface area contributed by atoms with Gasteiger partial charge < -0.3 is 4.74 Å². The monoisotopic (exact) mass is 236 g/mol. The summed E-state index contributed by atoms with van der Waals surface area (Å²) >= 11 is 0. The molecule has 2 rings (SSSR count). The Hall–Kier alpha value is -1.91. The zero-order chi connectivity index (χ0) is 12.6. The van der Waals surface area contributed by atoms with Crippen molar-refractivity contribution in [1.82, 2.24) is 9.55 Å². The number of pyridine rings is 1. The molecule has 0 saturated heterocycles. The van der Waals surface area contributed by atoms with Gasteiger partial charge in [0.2, 0.25) is 0 Å². The minimum atomic E-state index is -0.596. The molecule has 5 heteroatoms. The molecule has 17 heavy (non-hydrogen) atoms. The molecule has 0 radical (unpaired) electrons. The highest BCUT2D eigenvalue weighted by atomic mass is 19.1. The van der Waals surface area contributed by atoms with E-state index in [1.54, 1.807) is 20.8 Å². The highest BCUT2D eigenvalue weighted by Gasteiger charge is 2.20. The van der Waals surface area contributed by atoms with Crippen molar-refractivity contribution in [2.24, 2.45) is 0 Å². The summed E-state index contributed by atoms with van der Waals surface area (Å²) in [6.07, 6.45) is 2.21. The summed E-state index contributed by atoms with van der Waals surface area (Å²) in [5, 5.41) is 0.304. The number of fused-ring (bicyclic) bond motifs is 1. The van der Waals surface area contributed by atoms with Crippen LogP contribution in [0.3, 0.4) is 0 Å². The Morgan fingerprint density at radius 1 is 1.41 bits per heavy atom. The molecular weight excluding hydrogens is 223 g/mol. The molecule has 0 aromatic carbocycles. The number of carbonyl (C=O) groups excluding carboxylic acids is 1. The van der Waals surface area contributed by atoms with Crippen LogP contribution in [-0.2, 0) is 4.74 Å². The molecule has 2 aromatic heterocycles. The first-order valence-electron chi connectivity index (χ1n) is 5.23. The molecule has 2 heterocycles. The first-order valence-corrected chi connectivity index (χ1v) is 5.23. The van der Waals surface area contributed by atoms with Gasteiger partial charge in [-0.15, -0.1) is 0 Å². The molecule has 0 aliphatic carbocycles. The quantitative estimate of drug-likeness (QED) is 0.706. The van der Waals surface area contributed by atoms with Gasteiger partial charge in [0, 0.05) is 12.4 Å². The van der Waals surface area contributed by atoms with Gasteiger partial charge in [-0.25, -0.2) is 18.7 Å². The van der Waals surface area contributed by atoms with Gasteiger partial charge in [0.1, 0.15) is 11.4 Å². The van der Waals surface area contributed by atoms with Crippen molar-refractivity contribution >= 4 is 17.1 Å². The van der Waals surface area contributed by atoms with Crippen LogP contribution in [-0.4, -0.2) is 21.2 Å². The van der Waals surface area contributed by atoms with Crippen LogP contribution in [0.25, 0.3) is 11.0 Å². The summed E-state index contributed by atoms with van der Waals surface area (Å²) in [7, 11) is 0. The van der Waals surface area contributed by atoms with Crippen LogP contribution in [0.2, 0.25) is 0 Å². The van der Waals surface area contributed by atoms with Crippen LogP contribution in [0.1, 0.15) is 20.8 Å². The standard InChI is InChI=1S/C12H13FN2O2/c1-12(2,3)17-11(16)15-7-5-8-9(13)4-6-14-10(8)15/h4-7H,1-3H3. The molecule has 0 saturated carbocycles. The number of hydrogen-bond acceptors (Lipinski definition) is 3. The third kappa shape index (κ3) is 2.27. The zero-order valence-corrected chi connectivity index (χ0v) is 9.90. The first kappa shape index (κ1) is 11.6. The predicted molar refractivity (Wildman–Crippen MR) is 61.3 cm³/mol. The zero-order valence-electron chi connectivity index (χ0n) is 9.90. The third-order valence-electron chi connectivity index (χ3n) is 2.12. The number of aromatic nitrogens is 2. The fourth-order valence-corrected chi connectivity index (χ4v) is 1.46. The molecule has 0 atom stereocenters. The van der Waals surface area contributed by atoms with Crippen molar-refractivity contribution in [3.05, 3.63) is 30.3 Å². The second kappa shape index (κ2) is 3.84. The Bertz CT molecular complexity index is 569. The van der Waals surface area contributed by atoms with E-state index in [-0.39, 0.29) is 5.65 Å². The van der Waals surface area contributed by atoms with Crippen LogP contribution >= 0.6 is 0 Å². The lowest BCUT2D eigenvalue weighted by molar-refractivity contribution is 0.0543. The van der Waals surface area contributed by atoms with Crippen LogP contribution in [0, 0.1) is 5.82 Å². The lowest BCUT2D eigenvalue weighted by Gasteiger charge is -2.19. The molecule has 0 aliphatic heterocycles. The van der Waals surface area contributed by atoms with Gasteiger partial charge in [0.25, 0.3) is 0 Å². The number of rotatable bonds is 0. The van der Waals surface area contributed by atoms with E-state index in [2.05, 4.69) is 4.98 Å². The molecule has 2 aromatic rings. The molecule has 0 aliphatic rings. The number of ether oxygens (including phenoxy) is 1. The maximum atomic E-state index is 13.4. The van der Waals surface area contributed by atoms with E-state index in [0.29, 0.717) is 5.39 Å². The molecule has 4 nitrogen and oxygen atoms in total. The molecule has 0 unspecified atom stereocenters. The molecule has 0 amide bonds. The average Bonchev–Trinajstić information content (AvgIpc) is 2.60. The van der Waals surface area contributed by atoms with Crippen molar-refractivity contribution in [2.45, 2.75) is 26.4 Å². The third-order valence-corrected chi connectivity index (χ3v) is 2.12. The van der Waals surface area contributed by atoms with Crippen molar-refractivity contribution < 1.29 is 13.9 Å². The molecule has 90 valence electrons. The Morgan fingerprint density at radius 2 is 2.12 bits per heavy atom. The average molecular weight is 236 g/mol. The van der Waals surface area contributed by atoms with Gasteiger partial charge in [0.05, 0.1) is 5.39 Å². The maximum Gasteiger partial charge on any atom is 0.420 e. The molecule has 0 spiro atoms. The Morgan fingerprint density at radius 3 is 2.76 bits per heavy atom. The van der Waals surface area contributed by atoms with E-state index in [0.717, 1.165) is 0 Å². The number of nitrogens with zero attached hydrogens (tertiary/aromatic N) is 2. The second-order valence-electron chi connectivity index (χ2n) is 4.70. The van der Waals surface area contributed by atoms with E-state index >= 15 is 0 Å². The first-order chi connectivity index (χ1) is 7.88. The lowest BCUT2D eigenvalue weighted by Crippen LogP contribution is -2.26. The smallest absolute Gasteiger partial charge is 0.420 e. The fourth-order valence-electron chi connectivity index (χ4n) is 1.46. The summed E-state index contributed by atoms with van der Waals surface area (Å²) in [6.45, 7) is 5.31. The summed E-state index contributed by atoms with van der Waals surface area (Å²) in [6, 6.07) is 2.75. The fraction of sp³-hybridized carbons (Fsp3) is 0.333. The SMILES string of the molecule is CC(C)(C)OC(=O)n1ccc2c(F)ccnc21. The van der Waals surface area contributed by atoms with E-state index in [1.165, 1.54) is 29.1 Å². The van der Waals surface area contributed by atoms with Gasteiger partial charge in [-0.1, -0.05) is 0 Å². The normalized spacial score (nSPS) is 11.8. The molecule has 0 fully saturated rings. The number of halogens is 1. The summed E-state index contributed by atoms with van der Waals surface area (Å²) < 4.78 is 19.8. The Balaban J connectivity index is 2.43. The highest BCUT2D eigenvalue weighted by Crippen LogP contribution is 2.18. The number of hydrogen-bond donors (Lipinski definition) is 0. The second-order valence-corrected chi connectivity index (χ2v) is 4.70. The van der Waals surface area contributed by atoms with E-state index in [4.69, 9.17) is 4.74 Å². The molecule has 0 N–H and O–H groups in total. The minimum Gasteiger partial charge on any atom is -0.443 e. The van der Waals surface area contributed by atoms with Crippen LogP contribution in [0.5, 0.6) is 0 Å². The molecular formula is C12H13FN2O2. The maximum absolute atomic E-state index is 13.4. The van der Waals surface area contributed by atoms with Gasteiger partial charge in [-0.05, 0) is 32.9 Å². The Labute approximate surface area is 98.0 Å². The van der Waals surface area contributed by atoms with Crippen LogP contribution in [0.15, 0.2) is 24.5 Å². The van der Waals surface area contributed by atoms with Crippen LogP contribution < -0.4 is 0 Å². The van der Waals surface area contributed by atoms with Crippen molar-refractivity contribution in [2.75, 3.05) is 0 Å². The van der Waals surface area contributed by atoms with Crippen LogP contribution in [0.4, 0.5) is 9.18 Å². The largest absolute Gasteiger partial charge is 0.443 e. The Kier molecular flexibility index (Phi) is 2.61. The topological polar surface area (TPSA) is 44.1 Å². The van der Waals surface area contributed by atoms with Crippen molar-refractivity contribution in [3.8, 4) is 0 Å².